The van der Waals surface area contributed by atoms with Crippen molar-refractivity contribution in [2.24, 2.45) is 4.99 Å². The number of pyridine rings is 1. The second kappa shape index (κ2) is 14.2. The zero-order valence-corrected chi connectivity index (χ0v) is 18.4. The third kappa shape index (κ3) is 8.64. The number of hydrogen-bond donors (Lipinski definition) is 1. The first-order valence-electron chi connectivity index (χ1n) is 9.36. The molecule has 0 saturated carbocycles. The second-order valence-electron chi connectivity index (χ2n) is 6.25. The van der Waals surface area contributed by atoms with Gasteiger partial charge in [0, 0.05) is 58.9 Å². The molecular weight excluding hydrogens is 443 g/mol. The zero-order valence-electron chi connectivity index (χ0n) is 16.0. The molecule has 0 amide bonds. The lowest BCUT2D eigenvalue weighted by Gasteiger charge is -2.34. The maximum absolute atomic E-state index is 5.94. The number of piperidine rings is 1. The van der Waals surface area contributed by atoms with Gasteiger partial charge in [-0.1, -0.05) is 6.07 Å². The molecule has 1 aliphatic heterocycles. The lowest BCUT2D eigenvalue weighted by atomic mass is 10.1. The van der Waals surface area contributed by atoms with Crippen molar-refractivity contribution in [3.8, 4) is 0 Å². The van der Waals surface area contributed by atoms with Gasteiger partial charge in [-0.2, -0.15) is 0 Å². The number of aromatic nitrogens is 1. The lowest BCUT2D eigenvalue weighted by molar-refractivity contribution is 0.00991. The van der Waals surface area contributed by atoms with E-state index in [9.17, 15) is 0 Å². The maximum atomic E-state index is 5.94. The molecule has 1 aromatic rings. The van der Waals surface area contributed by atoms with E-state index < -0.39 is 0 Å². The van der Waals surface area contributed by atoms with Crippen LogP contribution >= 0.6 is 24.0 Å². The number of hydrogen-bond acceptors (Lipinski definition) is 4. The molecule has 0 radical (unpaired) electrons. The Morgan fingerprint density at radius 2 is 2.15 bits per heavy atom. The summed E-state index contributed by atoms with van der Waals surface area (Å²) in [6, 6.07) is 4.07. The van der Waals surface area contributed by atoms with Gasteiger partial charge in [-0.05, 0) is 44.2 Å². The summed E-state index contributed by atoms with van der Waals surface area (Å²) in [5.74, 6) is 1.02. The molecule has 0 unspecified atom stereocenters. The van der Waals surface area contributed by atoms with Gasteiger partial charge in [-0.25, -0.2) is 0 Å². The fourth-order valence-corrected chi connectivity index (χ4v) is 2.95. The number of guanidine groups is 1. The molecule has 1 saturated heterocycles. The van der Waals surface area contributed by atoms with E-state index in [1.807, 2.05) is 12.3 Å². The molecule has 1 N–H and O–H groups in total. The highest BCUT2D eigenvalue weighted by molar-refractivity contribution is 14.0. The summed E-state index contributed by atoms with van der Waals surface area (Å²) < 4.78 is 11.0. The Morgan fingerprint density at radius 1 is 1.35 bits per heavy atom. The van der Waals surface area contributed by atoms with Gasteiger partial charge in [-0.15, -0.1) is 24.0 Å². The smallest absolute Gasteiger partial charge is 0.193 e. The van der Waals surface area contributed by atoms with E-state index in [4.69, 9.17) is 14.5 Å². The van der Waals surface area contributed by atoms with E-state index in [-0.39, 0.29) is 24.0 Å². The van der Waals surface area contributed by atoms with E-state index in [0.717, 1.165) is 71.0 Å². The number of nitrogens with one attached hydrogen (secondary N) is 1. The Balaban J connectivity index is 0.00000338. The molecule has 0 aromatic carbocycles. The van der Waals surface area contributed by atoms with Crippen LogP contribution in [0, 0.1) is 0 Å². The summed E-state index contributed by atoms with van der Waals surface area (Å²) in [5, 5.41) is 3.42. The monoisotopic (exact) mass is 476 g/mol. The average molecular weight is 476 g/mol. The van der Waals surface area contributed by atoms with Crippen molar-refractivity contribution in [1.82, 2.24) is 15.2 Å². The number of rotatable bonds is 9. The minimum Gasteiger partial charge on any atom is -0.385 e. The van der Waals surface area contributed by atoms with Crippen LogP contribution in [0.4, 0.5) is 0 Å². The number of methoxy groups -OCH3 is 1. The van der Waals surface area contributed by atoms with Gasteiger partial charge in [0.1, 0.15) is 0 Å². The molecule has 1 aliphatic rings. The number of halogens is 1. The fourth-order valence-electron chi connectivity index (χ4n) is 2.95. The Hall–Kier alpha value is -0.930. The first kappa shape index (κ1) is 23.1. The highest BCUT2D eigenvalue weighted by Crippen LogP contribution is 2.14. The molecule has 0 spiro atoms. The van der Waals surface area contributed by atoms with Gasteiger partial charge in [0.15, 0.2) is 5.96 Å². The summed E-state index contributed by atoms with van der Waals surface area (Å²) in [7, 11) is 1.73. The minimum absolute atomic E-state index is 0. The topological polar surface area (TPSA) is 59.0 Å². The van der Waals surface area contributed by atoms with Crippen molar-refractivity contribution >= 4 is 29.9 Å². The average Bonchev–Trinajstić information content (AvgIpc) is 2.66. The Bertz CT molecular complexity index is 494. The van der Waals surface area contributed by atoms with Gasteiger partial charge in [0.25, 0.3) is 0 Å². The van der Waals surface area contributed by atoms with Crippen LogP contribution in [0.1, 0.15) is 31.7 Å². The van der Waals surface area contributed by atoms with Crippen molar-refractivity contribution in [3.63, 3.8) is 0 Å². The molecule has 1 fully saturated rings. The number of aliphatic imine (C=N–C) groups is 1. The normalized spacial score (nSPS) is 15.6. The first-order chi connectivity index (χ1) is 12.3. The quantitative estimate of drug-likeness (QED) is 0.257. The molecule has 148 valence electrons. The molecule has 0 bridgehead atoms. The van der Waals surface area contributed by atoms with Gasteiger partial charge in [0.05, 0.1) is 6.10 Å². The molecule has 26 heavy (non-hydrogen) atoms. The van der Waals surface area contributed by atoms with Gasteiger partial charge < -0.3 is 19.7 Å². The molecule has 0 atom stereocenters. The number of ether oxygens (including phenoxy) is 2. The largest absolute Gasteiger partial charge is 0.385 e. The maximum Gasteiger partial charge on any atom is 0.193 e. The molecular formula is C19H33IN4O2. The fraction of sp³-hybridized carbons (Fsp3) is 0.684. The first-order valence-corrected chi connectivity index (χ1v) is 9.36. The predicted octanol–water partition coefficient (Wildman–Crippen LogP) is 2.73. The van der Waals surface area contributed by atoms with Crippen molar-refractivity contribution < 1.29 is 9.47 Å². The molecule has 6 nitrogen and oxygen atoms in total. The lowest BCUT2D eigenvalue weighted by Crippen LogP contribution is -2.47. The highest BCUT2D eigenvalue weighted by atomic mass is 127. The molecule has 7 heteroatoms. The van der Waals surface area contributed by atoms with Crippen LogP contribution in [0.3, 0.4) is 0 Å². The van der Waals surface area contributed by atoms with E-state index in [2.05, 4.69) is 28.2 Å². The minimum atomic E-state index is 0. The summed E-state index contributed by atoms with van der Waals surface area (Å²) in [6.07, 6.45) is 8.08. The molecule has 2 heterocycles. The van der Waals surface area contributed by atoms with Crippen molar-refractivity contribution in [1.29, 1.82) is 0 Å². The van der Waals surface area contributed by atoms with E-state index in [0.29, 0.717) is 6.10 Å². The Kier molecular flexibility index (Phi) is 12.6. The third-order valence-corrected chi connectivity index (χ3v) is 4.31. The van der Waals surface area contributed by atoms with E-state index in [1.165, 1.54) is 5.56 Å². The van der Waals surface area contributed by atoms with Crippen molar-refractivity contribution in [2.75, 3.05) is 46.5 Å². The van der Waals surface area contributed by atoms with Crippen LogP contribution in [-0.2, 0) is 15.9 Å². The highest BCUT2D eigenvalue weighted by Gasteiger charge is 2.21. The summed E-state index contributed by atoms with van der Waals surface area (Å²) in [4.78, 5) is 11.3. The van der Waals surface area contributed by atoms with E-state index in [1.54, 1.807) is 13.3 Å². The SMILES string of the molecule is CCNC(=NCCc1cccnc1)N1CCC(OCCCOC)CC1.I. The molecule has 2 rings (SSSR count). The van der Waals surface area contributed by atoms with Crippen LogP contribution in [0.15, 0.2) is 29.5 Å². The van der Waals surface area contributed by atoms with Crippen LogP contribution in [0.25, 0.3) is 0 Å². The van der Waals surface area contributed by atoms with Crippen LogP contribution in [-0.4, -0.2) is 68.4 Å². The van der Waals surface area contributed by atoms with E-state index >= 15 is 0 Å². The summed E-state index contributed by atoms with van der Waals surface area (Å²) in [5.41, 5.74) is 1.23. The van der Waals surface area contributed by atoms with Gasteiger partial charge in [-0.3, -0.25) is 9.98 Å². The summed E-state index contributed by atoms with van der Waals surface area (Å²) >= 11 is 0. The second-order valence-corrected chi connectivity index (χ2v) is 6.25. The zero-order chi connectivity index (χ0) is 17.7. The van der Waals surface area contributed by atoms with Gasteiger partial charge in [0.2, 0.25) is 0 Å². The number of nitrogens with zero attached hydrogens (tertiary/aromatic N) is 3. The molecule has 0 aliphatic carbocycles. The van der Waals surface area contributed by atoms with Crippen LogP contribution in [0.5, 0.6) is 0 Å². The van der Waals surface area contributed by atoms with Crippen LogP contribution in [0.2, 0.25) is 0 Å². The third-order valence-electron chi connectivity index (χ3n) is 4.31. The van der Waals surface area contributed by atoms with Gasteiger partial charge >= 0.3 is 0 Å². The predicted molar refractivity (Wildman–Crippen MR) is 116 cm³/mol. The standard InChI is InChI=1S/C19H32N4O2.HI/c1-3-21-19(22-11-7-17-6-4-10-20-16-17)23-12-8-18(9-13-23)25-15-5-14-24-2;/h4,6,10,16,18H,3,5,7-9,11-15H2,1-2H3,(H,21,22);1H. The molecule has 1 aromatic heterocycles. The Labute approximate surface area is 174 Å². The number of likely N-dealkylation sites (tertiary alicyclic amines) is 1. The summed E-state index contributed by atoms with van der Waals surface area (Å²) in [6.45, 7) is 7.33. The van der Waals surface area contributed by atoms with Crippen molar-refractivity contribution in [3.05, 3.63) is 30.1 Å². The van der Waals surface area contributed by atoms with Crippen LogP contribution < -0.4 is 5.32 Å². The Morgan fingerprint density at radius 3 is 2.81 bits per heavy atom. The van der Waals surface area contributed by atoms with Crippen molar-refractivity contribution in [2.45, 2.75) is 38.7 Å².